The van der Waals surface area contributed by atoms with Crippen LogP contribution in [0.3, 0.4) is 0 Å². The van der Waals surface area contributed by atoms with E-state index in [1.165, 1.54) is 0 Å². The number of carbonyl (C=O) groups is 1. The Morgan fingerprint density at radius 3 is 2.36 bits per heavy atom. The molecule has 1 aliphatic heterocycles. The molecule has 6 nitrogen and oxygen atoms in total. The fourth-order valence-electron chi connectivity index (χ4n) is 4.75. The van der Waals surface area contributed by atoms with Gasteiger partial charge in [-0.05, 0) is 61.2 Å². The first-order valence-electron chi connectivity index (χ1n) is 11.7. The first kappa shape index (κ1) is 23.9. The molecule has 2 heterocycles. The van der Waals surface area contributed by atoms with Gasteiger partial charge < -0.3 is 18.8 Å². The number of nitrogens with zero attached hydrogens (tertiary/aromatic N) is 1. The van der Waals surface area contributed by atoms with Crippen LogP contribution >= 0.6 is 11.6 Å². The summed E-state index contributed by atoms with van der Waals surface area (Å²) in [5.41, 5.74) is 4.17. The summed E-state index contributed by atoms with van der Waals surface area (Å²) in [7, 11) is 3.18. The zero-order valence-corrected chi connectivity index (χ0v) is 21.3. The van der Waals surface area contributed by atoms with Gasteiger partial charge in [0.2, 0.25) is 5.76 Å². The Labute approximate surface area is 214 Å². The van der Waals surface area contributed by atoms with Crippen LogP contribution in [0.25, 0.3) is 11.0 Å². The Balaban J connectivity index is 1.60. The number of benzene rings is 3. The summed E-state index contributed by atoms with van der Waals surface area (Å²) < 4.78 is 16.8. The van der Waals surface area contributed by atoms with Gasteiger partial charge in [-0.2, -0.15) is 0 Å². The summed E-state index contributed by atoms with van der Waals surface area (Å²) in [6.45, 7) is 4.21. The highest BCUT2D eigenvalue weighted by molar-refractivity contribution is 6.32. The number of methoxy groups -OCH3 is 2. The van der Waals surface area contributed by atoms with Crippen molar-refractivity contribution in [3.05, 3.63) is 103 Å². The molecular formula is C29H26ClNO5. The quantitative estimate of drug-likeness (QED) is 0.329. The zero-order valence-electron chi connectivity index (χ0n) is 20.6. The van der Waals surface area contributed by atoms with E-state index in [1.807, 2.05) is 56.3 Å². The maximum Gasteiger partial charge on any atom is 0.290 e. The van der Waals surface area contributed by atoms with Crippen LogP contribution in [0.5, 0.6) is 11.5 Å². The highest BCUT2D eigenvalue weighted by Crippen LogP contribution is 2.39. The van der Waals surface area contributed by atoms with Crippen LogP contribution in [0.4, 0.5) is 0 Å². The van der Waals surface area contributed by atoms with E-state index in [9.17, 15) is 9.59 Å². The molecule has 1 amide bonds. The van der Waals surface area contributed by atoms with E-state index in [0.717, 1.165) is 22.3 Å². The molecule has 1 aliphatic rings. The van der Waals surface area contributed by atoms with Gasteiger partial charge >= 0.3 is 0 Å². The second kappa shape index (κ2) is 9.36. The second-order valence-electron chi connectivity index (χ2n) is 9.02. The number of halogens is 1. The Morgan fingerprint density at radius 1 is 0.944 bits per heavy atom. The third kappa shape index (κ3) is 4.01. The van der Waals surface area contributed by atoms with Gasteiger partial charge in [-0.1, -0.05) is 47.5 Å². The zero-order chi connectivity index (χ0) is 25.6. The summed E-state index contributed by atoms with van der Waals surface area (Å²) in [5.74, 6) is 1.05. The van der Waals surface area contributed by atoms with Crippen molar-refractivity contribution < 1.29 is 18.7 Å². The molecular weight excluding hydrogens is 478 g/mol. The minimum absolute atomic E-state index is 0.0899. The van der Waals surface area contributed by atoms with Gasteiger partial charge in [0.1, 0.15) is 5.58 Å². The first-order chi connectivity index (χ1) is 17.3. The third-order valence-electron chi connectivity index (χ3n) is 6.73. The minimum atomic E-state index is -0.561. The third-order valence-corrected chi connectivity index (χ3v) is 7.14. The number of carbonyl (C=O) groups excluding carboxylic acids is 1. The fraction of sp³-hybridized carbons (Fsp3) is 0.241. The van der Waals surface area contributed by atoms with E-state index in [0.29, 0.717) is 46.0 Å². The molecule has 0 fully saturated rings. The average Bonchev–Trinajstić information content (AvgIpc) is 3.16. The maximum absolute atomic E-state index is 13.7. The summed E-state index contributed by atoms with van der Waals surface area (Å²) in [5, 5.41) is 0.854. The summed E-state index contributed by atoms with van der Waals surface area (Å²) >= 11 is 6.33. The van der Waals surface area contributed by atoms with E-state index in [-0.39, 0.29) is 17.1 Å². The van der Waals surface area contributed by atoms with Gasteiger partial charge in [0.25, 0.3) is 5.91 Å². The Kier molecular flexibility index (Phi) is 6.22. The van der Waals surface area contributed by atoms with Crippen molar-refractivity contribution in [2.45, 2.75) is 26.3 Å². The number of ether oxygens (including phenoxy) is 2. The van der Waals surface area contributed by atoms with Crippen molar-refractivity contribution in [1.29, 1.82) is 0 Å². The van der Waals surface area contributed by atoms with Gasteiger partial charge in [-0.3, -0.25) is 9.59 Å². The first-order valence-corrected chi connectivity index (χ1v) is 12.1. The number of hydrogen-bond acceptors (Lipinski definition) is 5. The van der Waals surface area contributed by atoms with Crippen molar-refractivity contribution in [2.24, 2.45) is 0 Å². The average molecular weight is 504 g/mol. The highest BCUT2D eigenvalue weighted by Gasteiger charge is 2.42. The van der Waals surface area contributed by atoms with Crippen LogP contribution in [0.2, 0.25) is 5.02 Å². The number of amides is 1. The van der Waals surface area contributed by atoms with E-state index in [4.69, 9.17) is 25.5 Å². The molecule has 0 spiro atoms. The van der Waals surface area contributed by atoms with Crippen LogP contribution in [0, 0.1) is 13.8 Å². The highest BCUT2D eigenvalue weighted by atomic mass is 35.5. The molecule has 0 aliphatic carbocycles. The van der Waals surface area contributed by atoms with Crippen molar-refractivity contribution >= 4 is 28.5 Å². The topological polar surface area (TPSA) is 69.0 Å². The summed E-state index contributed by atoms with van der Waals surface area (Å²) in [6.07, 6.45) is 0.557. The number of fused-ring (bicyclic) bond motifs is 2. The minimum Gasteiger partial charge on any atom is -0.493 e. The molecule has 0 bridgehead atoms. The standard InChI is InChI=1S/C29H26ClNO5/c1-16-5-8-19(9-6-16)26-25-27(32)20-15-21(30)17(2)13-23(20)36-28(25)29(33)31(26)12-11-18-7-10-22(34-3)24(14-18)35-4/h5-10,13-15,26H,11-12H2,1-4H3. The monoisotopic (exact) mass is 503 g/mol. The van der Waals surface area contributed by atoms with Gasteiger partial charge in [0, 0.05) is 11.6 Å². The Morgan fingerprint density at radius 2 is 1.67 bits per heavy atom. The molecule has 0 radical (unpaired) electrons. The summed E-state index contributed by atoms with van der Waals surface area (Å²) in [4.78, 5) is 29.1. The van der Waals surface area contributed by atoms with E-state index in [1.54, 1.807) is 31.3 Å². The Bertz CT molecular complexity index is 1540. The predicted octanol–water partition coefficient (Wildman–Crippen LogP) is 5.87. The lowest BCUT2D eigenvalue weighted by Crippen LogP contribution is -2.31. The number of aryl methyl sites for hydroxylation is 2. The van der Waals surface area contributed by atoms with Crippen LogP contribution < -0.4 is 14.9 Å². The molecule has 1 atom stereocenters. The lowest BCUT2D eigenvalue weighted by atomic mass is 9.97. The fourth-order valence-corrected chi connectivity index (χ4v) is 4.92. The molecule has 5 rings (SSSR count). The van der Waals surface area contributed by atoms with Crippen molar-refractivity contribution in [3.63, 3.8) is 0 Å². The lowest BCUT2D eigenvalue weighted by Gasteiger charge is -2.25. The number of rotatable bonds is 6. The molecule has 1 unspecified atom stereocenters. The van der Waals surface area contributed by atoms with Gasteiger partial charge in [0.05, 0.1) is 31.2 Å². The van der Waals surface area contributed by atoms with Crippen molar-refractivity contribution in [1.82, 2.24) is 4.90 Å². The molecule has 1 aromatic heterocycles. The van der Waals surface area contributed by atoms with Crippen molar-refractivity contribution in [3.8, 4) is 11.5 Å². The van der Waals surface area contributed by atoms with Crippen LogP contribution in [0.15, 0.2) is 63.8 Å². The second-order valence-corrected chi connectivity index (χ2v) is 9.43. The SMILES string of the molecule is COc1ccc(CCN2C(=O)c3oc4cc(C)c(Cl)cc4c(=O)c3C2c2ccc(C)cc2)cc1OC. The Hall–Kier alpha value is -3.77. The van der Waals surface area contributed by atoms with Crippen molar-refractivity contribution in [2.75, 3.05) is 20.8 Å². The van der Waals surface area contributed by atoms with Crippen LogP contribution in [-0.2, 0) is 6.42 Å². The van der Waals surface area contributed by atoms with Gasteiger partial charge in [0.15, 0.2) is 16.9 Å². The molecule has 0 N–H and O–H groups in total. The summed E-state index contributed by atoms with van der Waals surface area (Å²) in [6, 6.07) is 16.3. The van der Waals surface area contributed by atoms with E-state index < -0.39 is 6.04 Å². The van der Waals surface area contributed by atoms with E-state index in [2.05, 4.69) is 0 Å². The maximum atomic E-state index is 13.7. The smallest absolute Gasteiger partial charge is 0.290 e. The predicted molar refractivity (Wildman–Crippen MR) is 140 cm³/mol. The molecule has 0 saturated heterocycles. The van der Waals surface area contributed by atoms with Crippen LogP contribution in [-0.4, -0.2) is 31.6 Å². The number of hydrogen-bond donors (Lipinski definition) is 0. The van der Waals surface area contributed by atoms with Gasteiger partial charge in [-0.15, -0.1) is 0 Å². The molecule has 36 heavy (non-hydrogen) atoms. The molecule has 7 heteroatoms. The largest absolute Gasteiger partial charge is 0.493 e. The van der Waals surface area contributed by atoms with E-state index >= 15 is 0 Å². The molecule has 0 saturated carbocycles. The molecule has 3 aromatic carbocycles. The molecule has 184 valence electrons. The normalized spacial score (nSPS) is 14.9. The van der Waals surface area contributed by atoms with Crippen LogP contribution in [0.1, 0.15) is 44.4 Å². The van der Waals surface area contributed by atoms with Gasteiger partial charge in [-0.25, -0.2) is 0 Å². The molecule has 4 aromatic rings. The lowest BCUT2D eigenvalue weighted by molar-refractivity contribution is 0.0730.